The number of ether oxygens (including phenoxy) is 1. The molecule has 144 valence electrons. The van der Waals surface area contributed by atoms with Gasteiger partial charge in [-0.2, -0.15) is 0 Å². The van der Waals surface area contributed by atoms with Gasteiger partial charge in [0.1, 0.15) is 5.75 Å². The number of nitrogens with zero attached hydrogens (tertiary/aromatic N) is 2. The lowest BCUT2D eigenvalue weighted by Gasteiger charge is -2.31. The number of carbonyl (C=O) groups is 1. The van der Waals surface area contributed by atoms with E-state index in [1.807, 2.05) is 36.2 Å². The maximum absolute atomic E-state index is 12.4. The van der Waals surface area contributed by atoms with E-state index < -0.39 is 0 Å². The molecule has 0 radical (unpaired) electrons. The number of nitrogens with one attached hydrogen (secondary N) is 1. The van der Waals surface area contributed by atoms with Gasteiger partial charge < -0.3 is 15.0 Å². The van der Waals surface area contributed by atoms with E-state index in [4.69, 9.17) is 4.74 Å². The molecule has 0 spiro atoms. The average molecular weight is 367 g/mol. The van der Waals surface area contributed by atoms with Crippen molar-refractivity contribution in [2.24, 2.45) is 0 Å². The fourth-order valence-corrected chi connectivity index (χ4v) is 3.62. The molecular weight excluding hydrogens is 338 g/mol. The largest absolute Gasteiger partial charge is 0.495 e. The van der Waals surface area contributed by atoms with E-state index in [1.165, 1.54) is 30.5 Å². The zero-order valence-electron chi connectivity index (χ0n) is 16.3. The Hall–Kier alpha value is -2.53. The molecule has 27 heavy (non-hydrogen) atoms. The van der Waals surface area contributed by atoms with Crippen molar-refractivity contribution in [1.82, 2.24) is 4.90 Å². The molecule has 0 atom stereocenters. The summed E-state index contributed by atoms with van der Waals surface area (Å²) in [5, 5.41) is 2.94. The number of hydrogen-bond acceptors (Lipinski definition) is 4. The highest BCUT2D eigenvalue weighted by molar-refractivity contribution is 5.93. The highest BCUT2D eigenvalue weighted by Gasteiger charge is 2.16. The third kappa shape index (κ3) is 5.23. The first-order valence-corrected chi connectivity index (χ1v) is 9.61. The second-order valence-corrected chi connectivity index (χ2v) is 7.10. The molecular formula is C22H29N3O2. The van der Waals surface area contributed by atoms with Gasteiger partial charge in [0.25, 0.3) is 0 Å². The summed E-state index contributed by atoms with van der Waals surface area (Å²) in [6.45, 7) is 3.31. The van der Waals surface area contributed by atoms with E-state index in [1.54, 1.807) is 7.11 Å². The van der Waals surface area contributed by atoms with Crippen LogP contribution < -0.4 is 15.0 Å². The molecule has 3 rings (SSSR count). The van der Waals surface area contributed by atoms with Gasteiger partial charge in [0.2, 0.25) is 5.91 Å². The smallest absolute Gasteiger partial charge is 0.238 e. The van der Waals surface area contributed by atoms with Crippen LogP contribution in [0.3, 0.4) is 0 Å². The Morgan fingerprint density at radius 2 is 1.78 bits per heavy atom. The number of anilines is 2. The monoisotopic (exact) mass is 367 g/mol. The van der Waals surface area contributed by atoms with Crippen molar-refractivity contribution in [3.63, 3.8) is 0 Å². The van der Waals surface area contributed by atoms with E-state index >= 15 is 0 Å². The number of likely N-dealkylation sites (N-methyl/N-ethyl adjacent to an activating group) is 1. The van der Waals surface area contributed by atoms with Crippen LogP contribution in [0.1, 0.15) is 24.8 Å². The number of benzene rings is 2. The minimum Gasteiger partial charge on any atom is -0.495 e. The molecule has 1 fully saturated rings. The number of piperidine rings is 1. The van der Waals surface area contributed by atoms with Crippen LogP contribution in [0, 0.1) is 0 Å². The highest BCUT2D eigenvalue weighted by Crippen LogP contribution is 2.25. The van der Waals surface area contributed by atoms with Gasteiger partial charge in [-0.15, -0.1) is 0 Å². The Morgan fingerprint density at radius 1 is 1.07 bits per heavy atom. The molecule has 0 unspecified atom stereocenters. The summed E-state index contributed by atoms with van der Waals surface area (Å²) in [7, 11) is 3.59. The van der Waals surface area contributed by atoms with Gasteiger partial charge in [-0.25, -0.2) is 0 Å². The normalized spacial score (nSPS) is 14.3. The number of carbonyl (C=O) groups excluding carboxylic acids is 1. The molecule has 1 aliphatic rings. The number of hydrogen-bond donors (Lipinski definition) is 1. The van der Waals surface area contributed by atoms with Crippen LogP contribution >= 0.6 is 0 Å². The molecule has 5 nitrogen and oxygen atoms in total. The maximum atomic E-state index is 12.4. The Balaban J connectivity index is 1.60. The zero-order chi connectivity index (χ0) is 19.1. The molecule has 1 amide bonds. The molecule has 2 aromatic rings. The number of methoxy groups -OCH3 is 1. The third-order valence-corrected chi connectivity index (χ3v) is 4.92. The first-order chi connectivity index (χ1) is 13.2. The predicted octanol–water partition coefficient (Wildman–Crippen LogP) is 3.76. The molecule has 1 heterocycles. The van der Waals surface area contributed by atoms with Gasteiger partial charge in [0, 0.05) is 25.3 Å². The first-order valence-electron chi connectivity index (χ1n) is 9.61. The van der Waals surface area contributed by atoms with Crippen molar-refractivity contribution >= 4 is 17.3 Å². The molecule has 5 heteroatoms. The Kier molecular flexibility index (Phi) is 6.71. The van der Waals surface area contributed by atoms with Crippen LogP contribution in [0.15, 0.2) is 48.5 Å². The Morgan fingerprint density at radius 3 is 2.56 bits per heavy atom. The lowest BCUT2D eigenvalue weighted by atomic mass is 10.1. The number of rotatable bonds is 7. The van der Waals surface area contributed by atoms with Gasteiger partial charge in [-0.05, 0) is 50.1 Å². The average Bonchev–Trinajstić information content (AvgIpc) is 2.69. The summed E-state index contributed by atoms with van der Waals surface area (Å²) >= 11 is 0. The summed E-state index contributed by atoms with van der Waals surface area (Å²) in [4.78, 5) is 17.0. The van der Waals surface area contributed by atoms with E-state index in [9.17, 15) is 4.79 Å². The van der Waals surface area contributed by atoms with E-state index in [2.05, 4.69) is 34.5 Å². The highest BCUT2D eigenvalue weighted by atomic mass is 16.5. The topological polar surface area (TPSA) is 44.8 Å². The van der Waals surface area contributed by atoms with Crippen LogP contribution in [-0.4, -0.2) is 44.6 Å². The fraction of sp³-hybridized carbons (Fsp3) is 0.409. The van der Waals surface area contributed by atoms with Crippen molar-refractivity contribution in [3.05, 3.63) is 54.1 Å². The lowest BCUT2D eigenvalue weighted by Crippen LogP contribution is -2.33. The molecule has 0 aliphatic carbocycles. The zero-order valence-corrected chi connectivity index (χ0v) is 16.3. The summed E-state index contributed by atoms with van der Waals surface area (Å²) < 4.78 is 5.30. The Labute approximate surface area is 161 Å². The van der Waals surface area contributed by atoms with E-state index in [0.717, 1.165) is 19.6 Å². The van der Waals surface area contributed by atoms with Gasteiger partial charge in [-0.1, -0.05) is 30.3 Å². The summed E-state index contributed by atoms with van der Waals surface area (Å²) in [5.41, 5.74) is 3.27. The second-order valence-electron chi connectivity index (χ2n) is 7.10. The van der Waals surface area contributed by atoms with Crippen molar-refractivity contribution in [2.45, 2.75) is 25.8 Å². The minimum absolute atomic E-state index is 0.0440. The van der Waals surface area contributed by atoms with Crippen molar-refractivity contribution in [1.29, 1.82) is 0 Å². The number of amides is 1. The summed E-state index contributed by atoms with van der Waals surface area (Å²) in [6.07, 6.45) is 3.83. The van der Waals surface area contributed by atoms with Gasteiger partial charge in [0.15, 0.2) is 0 Å². The third-order valence-electron chi connectivity index (χ3n) is 4.92. The van der Waals surface area contributed by atoms with Crippen LogP contribution in [0.2, 0.25) is 0 Å². The molecule has 0 saturated carbocycles. The first kappa shape index (κ1) is 19.2. The maximum Gasteiger partial charge on any atom is 0.238 e. The SMILES string of the molecule is COc1ccccc1NC(=O)CN(C)Cc1ccccc1N1CCCCC1. The molecule has 2 aromatic carbocycles. The number of para-hydroxylation sites is 3. The van der Waals surface area contributed by atoms with E-state index in [0.29, 0.717) is 18.0 Å². The van der Waals surface area contributed by atoms with Crippen LogP contribution in [-0.2, 0) is 11.3 Å². The summed E-state index contributed by atoms with van der Waals surface area (Å²) in [5.74, 6) is 0.626. The Bertz CT molecular complexity index is 757. The molecule has 1 aliphatic heterocycles. The molecule has 1 saturated heterocycles. The van der Waals surface area contributed by atoms with Crippen molar-refractivity contribution in [3.8, 4) is 5.75 Å². The molecule has 1 N–H and O–H groups in total. The quantitative estimate of drug-likeness (QED) is 0.809. The van der Waals surface area contributed by atoms with E-state index in [-0.39, 0.29) is 5.91 Å². The van der Waals surface area contributed by atoms with Gasteiger partial charge in [-0.3, -0.25) is 9.69 Å². The molecule has 0 bridgehead atoms. The summed E-state index contributed by atoms with van der Waals surface area (Å²) in [6, 6.07) is 16.0. The minimum atomic E-state index is -0.0440. The van der Waals surface area contributed by atoms with Gasteiger partial charge >= 0.3 is 0 Å². The lowest BCUT2D eigenvalue weighted by molar-refractivity contribution is -0.117. The molecule has 0 aromatic heterocycles. The van der Waals surface area contributed by atoms with Gasteiger partial charge in [0.05, 0.1) is 19.3 Å². The fourth-order valence-electron chi connectivity index (χ4n) is 3.62. The van der Waals surface area contributed by atoms with Crippen molar-refractivity contribution in [2.75, 3.05) is 44.0 Å². The second kappa shape index (κ2) is 9.42. The van der Waals surface area contributed by atoms with Crippen LogP contribution in [0.4, 0.5) is 11.4 Å². The van der Waals surface area contributed by atoms with Crippen LogP contribution in [0.5, 0.6) is 5.75 Å². The standard InChI is InChI=1S/C22H29N3O2/c1-24(17-22(26)23-19-11-5-7-13-21(19)27-2)16-18-10-4-6-12-20(18)25-14-8-3-9-15-25/h4-7,10-13H,3,8-9,14-17H2,1-2H3,(H,23,26). The van der Waals surface area contributed by atoms with Crippen molar-refractivity contribution < 1.29 is 9.53 Å². The predicted molar refractivity (Wildman–Crippen MR) is 110 cm³/mol. The van der Waals surface area contributed by atoms with Crippen LogP contribution in [0.25, 0.3) is 0 Å².